The molecule has 2 aromatic carbocycles. The maximum Gasteiger partial charge on any atom is 0.276 e. The number of aromatic nitrogens is 3. The van der Waals surface area contributed by atoms with Gasteiger partial charge >= 0.3 is 0 Å². The van der Waals surface area contributed by atoms with Crippen molar-refractivity contribution in [3.63, 3.8) is 0 Å². The predicted octanol–water partition coefficient (Wildman–Crippen LogP) is 4.23. The normalized spacial score (nSPS) is 11.1. The van der Waals surface area contributed by atoms with Crippen LogP contribution in [0.25, 0.3) is 21.8 Å². The summed E-state index contributed by atoms with van der Waals surface area (Å²) in [5.74, 6) is -0.266. The molecule has 0 aliphatic carbocycles. The molecule has 0 aliphatic rings. The molecule has 5 nitrogen and oxygen atoms in total. The van der Waals surface area contributed by atoms with Gasteiger partial charge in [0.1, 0.15) is 0 Å². The number of amides is 1. The number of nitrogens with one attached hydrogen (secondary N) is 2. The van der Waals surface area contributed by atoms with Gasteiger partial charge in [0.25, 0.3) is 5.91 Å². The molecule has 0 unspecified atom stereocenters. The number of fused-ring (bicyclic) bond motifs is 3. The molecule has 4 aromatic rings. The molecule has 1 amide bonds. The van der Waals surface area contributed by atoms with Gasteiger partial charge < -0.3 is 10.3 Å². The van der Waals surface area contributed by atoms with Crippen LogP contribution in [0.5, 0.6) is 0 Å². The number of carbonyl (C=O) groups excluding carboxylic acids is 1. The standard InChI is InChI=1S/C20H18N4O/c1-3-13-5-4-6-16-15-9-8-14(11-18(15)22-19(13)16)21-20(25)17-10-7-12(2)23-24-17/h4-11,22H,3H2,1-2H3,(H,21,25). The number of aromatic amines is 1. The van der Waals surface area contributed by atoms with Crippen molar-refractivity contribution in [2.24, 2.45) is 0 Å². The molecule has 0 saturated carbocycles. The van der Waals surface area contributed by atoms with Gasteiger partial charge in [0, 0.05) is 27.5 Å². The van der Waals surface area contributed by atoms with Crippen LogP contribution in [0.4, 0.5) is 5.69 Å². The van der Waals surface area contributed by atoms with E-state index in [1.807, 2.05) is 25.1 Å². The number of hydrogen-bond acceptors (Lipinski definition) is 3. The van der Waals surface area contributed by atoms with Crippen LogP contribution in [0.3, 0.4) is 0 Å². The highest BCUT2D eigenvalue weighted by Gasteiger charge is 2.11. The summed E-state index contributed by atoms with van der Waals surface area (Å²) in [6.07, 6.45) is 0.972. The van der Waals surface area contributed by atoms with Crippen LogP contribution >= 0.6 is 0 Å². The fraction of sp³-hybridized carbons (Fsp3) is 0.150. The predicted molar refractivity (Wildman–Crippen MR) is 99.9 cm³/mol. The third-order valence-electron chi connectivity index (χ3n) is 4.39. The van der Waals surface area contributed by atoms with E-state index in [0.717, 1.165) is 34.2 Å². The van der Waals surface area contributed by atoms with Crippen LogP contribution in [0.15, 0.2) is 48.5 Å². The van der Waals surface area contributed by atoms with Gasteiger partial charge in [0.15, 0.2) is 5.69 Å². The molecule has 5 heteroatoms. The van der Waals surface area contributed by atoms with E-state index in [-0.39, 0.29) is 5.91 Å². The molecular formula is C20H18N4O. The molecule has 124 valence electrons. The molecule has 0 fully saturated rings. The molecule has 25 heavy (non-hydrogen) atoms. The summed E-state index contributed by atoms with van der Waals surface area (Å²) in [5, 5.41) is 13.1. The lowest BCUT2D eigenvalue weighted by Crippen LogP contribution is -2.14. The SMILES string of the molecule is CCc1cccc2c1[nH]c1cc(NC(=O)c3ccc(C)nn3)ccc12. The van der Waals surface area contributed by atoms with E-state index in [9.17, 15) is 4.79 Å². The number of benzene rings is 2. The highest BCUT2D eigenvalue weighted by molar-refractivity contribution is 6.10. The van der Waals surface area contributed by atoms with Crippen LogP contribution in [-0.4, -0.2) is 21.1 Å². The van der Waals surface area contributed by atoms with Gasteiger partial charge in [0.05, 0.1) is 5.69 Å². The highest BCUT2D eigenvalue weighted by Crippen LogP contribution is 2.29. The van der Waals surface area contributed by atoms with Crippen LogP contribution in [0.1, 0.15) is 28.7 Å². The zero-order valence-electron chi connectivity index (χ0n) is 14.1. The Morgan fingerprint density at radius 3 is 2.72 bits per heavy atom. The lowest BCUT2D eigenvalue weighted by atomic mass is 10.1. The summed E-state index contributed by atoms with van der Waals surface area (Å²) >= 11 is 0. The molecule has 2 aromatic heterocycles. The summed E-state index contributed by atoms with van der Waals surface area (Å²) in [6, 6.07) is 15.7. The van der Waals surface area contributed by atoms with Crippen LogP contribution < -0.4 is 5.32 Å². The first-order chi connectivity index (χ1) is 12.2. The molecule has 0 spiro atoms. The molecule has 0 aliphatic heterocycles. The van der Waals surface area contributed by atoms with Crippen molar-refractivity contribution in [2.45, 2.75) is 20.3 Å². The Morgan fingerprint density at radius 1 is 1.08 bits per heavy atom. The number of carbonyl (C=O) groups is 1. The average Bonchev–Trinajstić information content (AvgIpc) is 3.00. The monoisotopic (exact) mass is 330 g/mol. The smallest absolute Gasteiger partial charge is 0.276 e. The summed E-state index contributed by atoms with van der Waals surface area (Å²) in [7, 11) is 0. The molecular weight excluding hydrogens is 312 g/mol. The number of hydrogen-bond donors (Lipinski definition) is 2. The Bertz CT molecular complexity index is 1080. The van der Waals surface area contributed by atoms with Gasteiger partial charge in [-0.25, -0.2) is 0 Å². The molecule has 2 heterocycles. The number of H-pyrrole nitrogens is 1. The average molecular weight is 330 g/mol. The largest absolute Gasteiger partial charge is 0.354 e. The second-order valence-corrected chi connectivity index (χ2v) is 6.09. The molecule has 0 bridgehead atoms. The van der Waals surface area contributed by atoms with Gasteiger partial charge in [-0.05, 0) is 43.2 Å². The summed E-state index contributed by atoms with van der Waals surface area (Å²) in [5.41, 5.74) is 5.26. The van der Waals surface area contributed by atoms with Crippen molar-refractivity contribution in [1.82, 2.24) is 15.2 Å². The highest BCUT2D eigenvalue weighted by atomic mass is 16.1. The summed E-state index contributed by atoms with van der Waals surface area (Å²) < 4.78 is 0. The minimum absolute atomic E-state index is 0.266. The minimum atomic E-state index is -0.266. The molecule has 0 saturated heterocycles. The van der Waals surface area contributed by atoms with Crippen molar-refractivity contribution in [3.8, 4) is 0 Å². The van der Waals surface area contributed by atoms with E-state index in [0.29, 0.717) is 5.69 Å². The van der Waals surface area contributed by atoms with E-state index >= 15 is 0 Å². The second-order valence-electron chi connectivity index (χ2n) is 6.09. The van der Waals surface area contributed by atoms with E-state index in [1.165, 1.54) is 10.9 Å². The van der Waals surface area contributed by atoms with Gasteiger partial charge in [-0.15, -0.1) is 5.10 Å². The van der Waals surface area contributed by atoms with Gasteiger partial charge in [-0.3, -0.25) is 4.79 Å². The van der Waals surface area contributed by atoms with Gasteiger partial charge in [-0.2, -0.15) is 5.10 Å². The van der Waals surface area contributed by atoms with Crippen molar-refractivity contribution in [2.75, 3.05) is 5.32 Å². The van der Waals surface area contributed by atoms with Crippen molar-refractivity contribution >= 4 is 33.4 Å². The number of nitrogens with zero attached hydrogens (tertiary/aromatic N) is 2. The first kappa shape index (κ1) is 15.3. The topological polar surface area (TPSA) is 70.7 Å². The van der Waals surface area contributed by atoms with Crippen molar-refractivity contribution in [3.05, 3.63) is 65.5 Å². The number of para-hydroxylation sites is 1. The van der Waals surface area contributed by atoms with Crippen LogP contribution in [-0.2, 0) is 6.42 Å². The zero-order chi connectivity index (χ0) is 17.4. The second kappa shape index (κ2) is 6.02. The Labute approximate surface area is 145 Å². The third kappa shape index (κ3) is 2.74. The van der Waals surface area contributed by atoms with E-state index in [2.05, 4.69) is 45.6 Å². The minimum Gasteiger partial charge on any atom is -0.354 e. The maximum atomic E-state index is 12.3. The van der Waals surface area contributed by atoms with Crippen molar-refractivity contribution < 1.29 is 4.79 Å². The number of rotatable bonds is 3. The Balaban J connectivity index is 1.70. The van der Waals surface area contributed by atoms with Gasteiger partial charge in [-0.1, -0.05) is 31.2 Å². The Morgan fingerprint density at radius 2 is 1.96 bits per heavy atom. The number of aryl methyl sites for hydroxylation is 2. The van der Waals surface area contributed by atoms with E-state index < -0.39 is 0 Å². The fourth-order valence-electron chi connectivity index (χ4n) is 3.08. The summed E-state index contributed by atoms with van der Waals surface area (Å²) in [4.78, 5) is 15.8. The quantitative estimate of drug-likeness (QED) is 0.590. The molecule has 0 radical (unpaired) electrons. The Hall–Kier alpha value is -3.21. The lowest BCUT2D eigenvalue weighted by molar-refractivity contribution is 0.102. The maximum absolute atomic E-state index is 12.3. The lowest BCUT2D eigenvalue weighted by Gasteiger charge is -2.04. The van der Waals surface area contributed by atoms with Crippen molar-refractivity contribution in [1.29, 1.82) is 0 Å². The van der Waals surface area contributed by atoms with E-state index in [4.69, 9.17) is 0 Å². The van der Waals surface area contributed by atoms with Gasteiger partial charge in [0.2, 0.25) is 0 Å². The zero-order valence-corrected chi connectivity index (χ0v) is 14.1. The molecule has 2 N–H and O–H groups in total. The summed E-state index contributed by atoms with van der Waals surface area (Å²) in [6.45, 7) is 3.98. The van der Waals surface area contributed by atoms with Crippen LogP contribution in [0.2, 0.25) is 0 Å². The Kier molecular flexibility index (Phi) is 3.69. The fourth-order valence-corrected chi connectivity index (χ4v) is 3.08. The molecule has 0 atom stereocenters. The first-order valence-corrected chi connectivity index (χ1v) is 8.30. The van der Waals surface area contributed by atoms with E-state index in [1.54, 1.807) is 12.1 Å². The van der Waals surface area contributed by atoms with Crippen LogP contribution in [0, 0.1) is 6.92 Å². The molecule has 4 rings (SSSR count). The third-order valence-corrected chi connectivity index (χ3v) is 4.39. The first-order valence-electron chi connectivity index (χ1n) is 8.30. The number of anilines is 1.